The highest BCUT2D eigenvalue weighted by Gasteiger charge is 2.34. The molecule has 2 heterocycles. The Morgan fingerprint density at radius 2 is 1.97 bits per heavy atom. The number of furan rings is 1. The zero-order valence-electron chi connectivity index (χ0n) is 18.7. The number of carbonyl (C=O) groups is 2. The minimum Gasteiger partial charge on any atom is -0.465 e. The number of methoxy groups -OCH3 is 1. The van der Waals surface area contributed by atoms with Gasteiger partial charge in [0.25, 0.3) is 10.0 Å². The van der Waals surface area contributed by atoms with Crippen LogP contribution in [0.25, 0.3) is 0 Å². The van der Waals surface area contributed by atoms with E-state index in [2.05, 4.69) is 9.71 Å². The maximum atomic E-state index is 13.3. The Hall–Kier alpha value is -3.14. The molecule has 1 aliphatic rings. The highest BCUT2D eigenvalue weighted by molar-refractivity contribution is 7.90. The molecular formula is C22H27N3O6S. The fourth-order valence-electron chi connectivity index (χ4n) is 3.49. The lowest BCUT2D eigenvalue weighted by Gasteiger charge is -2.24. The summed E-state index contributed by atoms with van der Waals surface area (Å²) in [5.74, 6) is 0.0596. The van der Waals surface area contributed by atoms with E-state index in [1.54, 1.807) is 38.2 Å². The topological polar surface area (TPSA) is 118 Å². The molecule has 0 radical (unpaired) electrons. The summed E-state index contributed by atoms with van der Waals surface area (Å²) in [7, 11) is -0.806. The van der Waals surface area contributed by atoms with Crippen molar-refractivity contribution in [3.8, 4) is 0 Å². The average molecular weight is 462 g/mol. The fraction of sp³-hybridized carbons (Fsp3) is 0.409. The fourth-order valence-corrected chi connectivity index (χ4v) is 4.73. The summed E-state index contributed by atoms with van der Waals surface area (Å²) in [6.07, 6.45) is 0.668. The largest absolute Gasteiger partial charge is 0.465 e. The van der Waals surface area contributed by atoms with Gasteiger partial charge in [-0.2, -0.15) is 0 Å². The molecule has 1 aromatic carbocycles. The monoisotopic (exact) mass is 461 g/mol. The molecule has 0 aliphatic carbocycles. The van der Waals surface area contributed by atoms with Crippen LogP contribution in [0.3, 0.4) is 0 Å². The summed E-state index contributed by atoms with van der Waals surface area (Å²) in [5.41, 5.74) is 0.750. The Kier molecular flexibility index (Phi) is 6.73. The third-order valence-electron chi connectivity index (χ3n) is 5.51. The normalized spacial score (nSPS) is 17.3. The van der Waals surface area contributed by atoms with Gasteiger partial charge in [-0.15, -0.1) is 0 Å². The van der Waals surface area contributed by atoms with Gasteiger partial charge in [-0.1, -0.05) is 32.4 Å². The van der Waals surface area contributed by atoms with Crippen molar-refractivity contribution in [3.63, 3.8) is 0 Å². The first-order valence-electron chi connectivity index (χ1n) is 10.2. The van der Waals surface area contributed by atoms with E-state index < -0.39 is 22.0 Å². The van der Waals surface area contributed by atoms with Gasteiger partial charge in [-0.3, -0.25) is 14.5 Å². The molecule has 0 unspecified atom stereocenters. The van der Waals surface area contributed by atoms with Crippen molar-refractivity contribution < 1.29 is 27.2 Å². The van der Waals surface area contributed by atoms with Gasteiger partial charge in [0.1, 0.15) is 29.0 Å². The van der Waals surface area contributed by atoms with Crippen LogP contribution in [0, 0.1) is 12.8 Å². The minimum absolute atomic E-state index is 0.122. The Bertz CT molecular complexity index is 1170. The Labute approximate surface area is 187 Å². The van der Waals surface area contributed by atoms with Crippen molar-refractivity contribution in [2.75, 3.05) is 14.2 Å². The van der Waals surface area contributed by atoms with Crippen LogP contribution in [0.5, 0.6) is 0 Å². The number of hydrogen-bond acceptors (Lipinski definition) is 7. The van der Waals surface area contributed by atoms with Crippen LogP contribution in [0.1, 0.15) is 47.7 Å². The highest BCUT2D eigenvalue weighted by Crippen LogP contribution is 2.25. The van der Waals surface area contributed by atoms with Crippen molar-refractivity contribution in [1.29, 1.82) is 0 Å². The molecule has 2 aromatic rings. The summed E-state index contributed by atoms with van der Waals surface area (Å²) >= 11 is 0. The van der Waals surface area contributed by atoms with Gasteiger partial charge >= 0.3 is 5.97 Å². The minimum atomic E-state index is -3.70. The van der Waals surface area contributed by atoms with Gasteiger partial charge < -0.3 is 14.1 Å². The molecule has 1 N–H and O–H groups in total. The van der Waals surface area contributed by atoms with E-state index in [0.717, 1.165) is 0 Å². The van der Waals surface area contributed by atoms with E-state index in [1.807, 2.05) is 13.8 Å². The molecule has 3 rings (SSSR count). The number of esters is 1. The van der Waals surface area contributed by atoms with E-state index in [9.17, 15) is 18.0 Å². The number of amides is 1. The van der Waals surface area contributed by atoms with Crippen LogP contribution in [0.4, 0.5) is 0 Å². The number of amidine groups is 1. The van der Waals surface area contributed by atoms with Crippen LogP contribution in [-0.2, 0) is 26.1 Å². The SMILES string of the molecule is CC[C@H](C)[C@H](N=C1NS(=O)(=O)c2ccccc21)C(=O)N(C)Cc1cc(C(=O)OC)c(C)o1. The first-order valence-corrected chi connectivity index (χ1v) is 11.7. The van der Waals surface area contributed by atoms with Gasteiger partial charge in [-0.05, 0) is 31.0 Å². The number of fused-ring (bicyclic) bond motifs is 1. The van der Waals surface area contributed by atoms with E-state index in [1.165, 1.54) is 18.1 Å². The molecule has 0 bridgehead atoms. The molecule has 1 amide bonds. The molecule has 1 aliphatic heterocycles. The molecule has 10 heteroatoms. The molecule has 0 saturated carbocycles. The number of aliphatic imine (C=N–C) groups is 1. The third kappa shape index (κ3) is 4.55. The van der Waals surface area contributed by atoms with E-state index in [-0.39, 0.29) is 29.1 Å². The lowest BCUT2D eigenvalue weighted by atomic mass is 9.98. The number of aryl methyl sites for hydroxylation is 1. The van der Waals surface area contributed by atoms with Gasteiger partial charge in [0.05, 0.1) is 18.6 Å². The summed E-state index contributed by atoms with van der Waals surface area (Å²) in [5, 5.41) is 0. The Morgan fingerprint density at radius 1 is 1.28 bits per heavy atom. The Balaban J connectivity index is 1.88. The van der Waals surface area contributed by atoms with E-state index in [4.69, 9.17) is 9.15 Å². The van der Waals surface area contributed by atoms with Crippen molar-refractivity contribution in [2.45, 2.75) is 44.7 Å². The van der Waals surface area contributed by atoms with Crippen LogP contribution in [0.15, 0.2) is 44.6 Å². The molecule has 172 valence electrons. The number of nitrogens with one attached hydrogen (secondary N) is 1. The average Bonchev–Trinajstić information content (AvgIpc) is 3.26. The summed E-state index contributed by atoms with van der Waals surface area (Å²) in [6.45, 7) is 5.60. The smallest absolute Gasteiger partial charge is 0.341 e. The number of benzene rings is 1. The lowest BCUT2D eigenvalue weighted by molar-refractivity contribution is -0.133. The first kappa shape index (κ1) is 23.5. The zero-order chi connectivity index (χ0) is 23.6. The molecular weight excluding hydrogens is 434 g/mol. The number of likely N-dealkylation sites (N-methyl/N-ethyl adjacent to an activating group) is 1. The predicted octanol–water partition coefficient (Wildman–Crippen LogP) is 2.49. The van der Waals surface area contributed by atoms with E-state index >= 15 is 0 Å². The molecule has 0 spiro atoms. The summed E-state index contributed by atoms with van der Waals surface area (Å²) in [4.78, 5) is 31.2. The number of carbonyl (C=O) groups excluding carboxylic acids is 2. The quantitative estimate of drug-likeness (QED) is 0.633. The van der Waals surface area contributed by atoms with Gasteiger partial charge in [-0.25, -0.2) is 13.2 Å². The third-order valence-corrected chi connectivity index (χ3v) is 6.91. The number of nitrogens with zero attached hydrogens (tertiary/aromatic N) is 2. The number of sulfonamides is 1. The maximum absolute atomic E-state index is 13.3. The van der Waals surface area contributed by atoms with Crippen LogP contribution >= 0.6 is 0 Å². The molecule has 0 saturated heterocycles. The second kappa shape index (κ2) is 9.15. The van der Waals surface area contributed by atoms with Crippen molar-refractivity contribution in [1.82, 2.24) is 9.62 Å². The van der Waals surface area contributed by atoms with Gasteiger partial charge in [0.15, 0.2) is 0 Å². The molecule has 9 nitrogen and oxygen atoms in total. The van der Waals surface area contributed by atoms with Crippen LogP contribution in [0.2, 0.25) is 0 Å². The molecule has 1 aromatic heterocycles. The van der Waals surface area contributed by atoms with Crippen LogP contribution in [-0.4, -0.2) is 51.2 Å². The molecule has 0 fully saturated rings. The van der Waals surface area contributed by atoms with E-state index in [0.29, 0.717) is 29.1 Å². The van der Waals surface area contributed by atoms with Gasteiger partial charge in [0.2, 0.25) is 5.91 Å². The molecule has 2 atom stereocenters. The maximum Gasteiger partial charge on any atom is 0.341 e. The summed E-state index contributed by atoms with van der Waals surface area (Å²) < 4.78 is 37.6. The summed E-state index contributed by atoms with van der Waals surface area (Å²) in [6, 6.07) is 7.28. The van der Waals surface area contributed by atoms with Crippen molar-refractivity contribution >= 4 is 27.7 Å². The lowest BCUT2D eigenvalue weighted by Crippen LogP contribution is -2.40. The zero-order valence-corrected chi connectivity index (χ0v) is 19.5. The number of ether oxygens (including phenoxy) is 1. The molecule has 32 heavy (non-hydrogen) atoms. The number of hydrogen-bond donors (Lipinski definition) is 1. The number of rotatable bonds is 7. The van der Waals surface area contributed by atoms with Gasteiger partial charge in [0, 0.05) is 12.6 Å². The highest BCUT2D eigenvalue weighted by atomic mass is 32.2. The standard InChI is InChI=1S/C22H27N3O6S/c1-6-13(2)19(23-20-16-9-7-8-10-18(16)32(28,29)24-20)21(26)25(4)12-15-11-17(14(3)31-15)22(27)30-5/h7-11,13,19H,6,12H2,1-5H3,(H,23,24)/t13-,19-/m0/s1. The second-order valence-electron chi connectivity index (χ2n) is 7.78. The van der Waals surface area contributed by atoms with Crippen molar-refractivity contribution in [2.24, 2.45) is 10.9 Å². The van der Waals surface area contributed by atoms with Crippen molar-refractivity contribution in [3.05, 3.63) is 53.0 Å². The van der Waals surface area contributed by atoms with Crippen LogP contribution < -0.4 is 4.72 Å². The Morgan fingerprint density at radius 3 is 2.62 bits per heavy atom. The second-order valence-corrected chi connectivity index (χ2v) is 9.43. The first-order chi connectivity index (χ1) is 15.1. The predicted molar refractivity (Wildman–Crippen MR) is 118 cm³/mol.